The van der Waals surface area contributed by atoms with E-state index >= 15 is 0 Å². The summed E-state index contributed by atoms with van der Waals surface area (Å²) in [6, 6.07) is 8.28. The number of benzene rings is 2. The van der Waals surface area contributed by atoms with Crippen LogP contribution in [-0.4, -0.2) is 29.4 Å². The molecule has 5 heteroatoms. The fourth-order valence-corrected chi connectivity index (χ4v) is 3.93. The topological polar surface area (TPSA) is 52.9 Å². The van der Waals surface area contributed by atoms with Crippen LogP contribution in [0, 0.1) is 12.7 Å². The molecule has 4 nitrogen and oxygen atoms in total. The lowest BCUT2D eigenvalue weighted by Crippen LogP contribution is -2.45. The Bertz CT molecular complexity index is 1010. The van der Waals surface area contributed by atoms with Gasteiger partial charge in [-0.25, -0.2) is 9.18 Å². The summed E-state index contributed by atoms with van der Waals surface area (Å²) in [5.41, 5.74) is 4.43. The van der Waals surface area contributed by atoms with Crippen LogP contribution < -0.4 is 4.90 Å². The third-order valence-corrected chi connectivity index (χ3v) is 5.29. The minimum atomic E-state index is -1.00. The largest absolute Gasteiger partial charge is 0.478 e. The average Bonchev–Trinajstić information content (AvgIpc) is 2.60. The van der Waals surface area contributed by atoms with Crippen molar-refractivity contribution in [3.8, 4) is 0 Å². The van der Waals surface area contributed by atoms with E-state index < -0.39 is 5.97 Å². The predicted molar refractivity (Wildman–Crippen MR) is 113 cm³/mol. The minimum Gasteiger partial charge on any atom is -0.478 e. The van der Waals surface area contributed by atoms with Crippen molar-refractivity contribution in [2.24, 2.45) is 4.99 Å². The van der Waals surface area contributed by atoms with Gasteiger partial charge in [0, 0.05) is 29.6 Å². The van der Waals surface area contributed by atoms with E-state index in [1.165, 1.54) is 12.3 Å². The van der Waals surface area contributed by atoms with E-state index in [4.69, 9.17) is 0 Å². The van der Waals surface area contributed by atoms with Gasteiger partial charge in [0.1, 0.15) is 5.82 Å². The molecule has 0 radical (unpaired) electrons. The SMILES string of the molecule is CCN1c2cc(F)c(C=Nc3cccc(C(=O)O)c3C)cc2C(C)=CC1(C)C. The maximum absolute atomic E-state index is 14.8. The highest BCUT2D eigenvalue weighted by molar-refractivity contribution is 5.92. The standard InChI is InChI=1S/C23H25FN2O2/c1-6-26-21-11-19(24)16(10-18(21)14(2)12-23(26,4)5)13-25-20-9-7-8-17(15(20)3)22(27)28/h7-13H,6H2,1-5H3,(H,27,28). The zero-order valence-corrected chi connectivity index (χ0v) is 16.9. The van der Waals surface area contributed by atoms with Gasteiger partial charge in [-0.15, -0.1) is 0 Å². The number of likely N-dealkylation sites (N-methyl/N-ethyl adjacent to an activating group) is 1. The molecule has 0 aliphatic carbocycles. The molecule has 1 aliphatic rings. The number of halogens is 1. The number of anilines is 1. The van der Waals surface area contributed by atoms with E-state index in [1.807, 2.05) is 13.0 Å². The van der Waals surface area contributed by atoms with Gasteiger partial charge in [-0.2, -0.15) is 0 Å². The molecule has 146 valence electrons. The summed E-state index contributed by atoms with van der Waals surface area (Å²) in [5, 5.41) is 9.25. The summed E-state index contributed by atoms with van der Waals surface area (Å²) in [6.07, 6.45) is 3.66. The number of fused-ring (bicyclic) bond motifs is 1. The lowest BCUT2D eigenvalue weighted by molar-refractivity contribution is 0.0696. The molecule has 0 atom stereocenters. The first-order valence-electron chi connectivity index (χ1n) is 9.33. The quantitative estimate of drug-likeness (QED) is 0.702. The maximum Gasteiger partial charge on any atom is 0.336 e. The van der Waals surface area contributed by atoms with E-state index in [0.717, 1.165) is 23.4 Å². The summed E-state index contributed by atoms with van der Waals surface area (Å²) < 4.78 is 14.8. The Morgan fingerprint density at radius 3 is 2.64 bits per heavy atom. The van der Waals surface area contributed by atoms with Crippen molar-refractivity contribution in [1.82, 2.24) is 0 Å². The molecule has 3 rings (SSSR count). The van der Waals surface area contributed by atoms with Gasteiger partial charge in [-0.3, -0.25) is 4.99 Å². The summed E-state index contributed by atoms with van der Waals surface area (Å²) >= 11 is 0. The van der Waals surface area contributed by atoms with Gasteiger partial charge in [0.2, 0.25) is 0 Å². The molecule has 2 aromatic carbocycles. The number of hydrogen-bond donors (Lipinski definition) is 1. The first-order valence-corrected chi connectivity index (χ1v) is 9.33. The van der Waals surface area contributed by atoms with Crippen LogP contribution in [0.4, 0.5) is 15.8 Å². The molecule has 1 N–H and O–H groups in total. The Balaban J connectivity index is 2.05. The number of hydrogen-bond acceptors (Lipinski definition) is 3. The average molecular weight is 380 g/mol. The fourth-order valence-electron chi connectivity index (χ4n) is 3.93. The number of rotatable bonds is 4. The van der Waals surface area contributed by atoms with Crippen molar-refractivity contribution in [3.63, 3.8) is 0 Å². The molecule has 28 heavy (non-hydrogen) atoms. The second-order valence-corrected chi connectivity index (χ2v) is 7.63. The van der Waals surface area contributed by atoms with Crippen molar-refractivity contribution in [2.75, 3.05) is 11.4 Å². The first-order chi connectivity index (χ1) is 13.2. The fraction of sp³-hybridized carbons (Fsp3) is 0.304. The van der Waals surface area contributed by atoms with Crippen LogP contribution in [0.25, 0.3) is 5.57 Å². The Kier molecular flexibility index (Phi) is 5.11. The van der Waals surface area contributed by atoms with Crippen LogP contribution in [0.1, 0.15) is 54.7 Å². The summed E-state index contributed by atoms with van der Waals surface area (Å²) in [5.74, 6) is -1.35. The van der Waals surface area contributed by atoms with E-state index in [2.05, 4.69) is 36.7 Å². The third kappa shape index (κ3) is 3.44. The van der Waals surface area contributed by atoms with E-state index in [0.29, 0.717) is 16.8 Å². The second kappa shape index (κ2) is 7.23. The number of aliphatic imine (C=N–C) groups is 1. The molecule has 2 aromatic rings. The molecule has 0 amide bonds. The number of aromatic carboxylic acids is 1. The van der Waals surface area contributed by atoms with Gasteiger partial charge in [-0.05, 0) is 70.0 Å². The number of carbonyl (C=O) groups is 1. The zero-order chi connectivity index (χ0) is 20.6. The van der Waals surface area contributed by atoms with Gasteiger partial charge in [0.25, 0.3) is 0 Å². The van der Waals surface area contributed by atoms with Crippen molar-refractivity contribution in [3.05, 3.63) is 64.5 Å². The van der Waals surface area contributed by atoms with Crippen molar-refractivity contribution >= 4 is 29.1 Å². The Morgan fingerprint density at radius 2 is 2.00 bits per heavy atom. The molecule has 0 aromatic heterocycles. The first kappa shape index (κ1) is 19.8. The van der Waals surface area contributed by atoms with Crippen LogP contribution >= 0.6 is 0 Å². The van der Waals surface area contributed by atoms with Crippen molar-refractivity contribution in [1.29, 1.82) is 0 Å². The van der Waals surface area contributed by atoms with E-state index in [-0.39, 0.29) is 16.9 Å². The molecule has 1 aliphatic heterocycles. The van der Waals surface area contributed by atoms with Crippen molar-refractivity contribution < 1.29 is 14.3 Å². The minimum absolute atomic E-state index is 0.178. The normalized spacial score (nSPS) is 15.5. The second-order valence-electron chi connectivity index (χ2n) is 7.63. The van der Waals surface area contributed by atoms with Crippen LogP contribution in [-0.2, 0) is 0 Å². The Hall–Kier alpha value is -2.95. The monoisotopic (exact) mass is 380 g/mol. The Morgan fingerprint density at radius 1 is 1.29 bits per heavy atom. The highest BCUT2D eigenvalue weighted by Gasteiger charge is 2.30. The van der Waals surface area contributed by atoms with Crippen LogP contribution in [0.2, 0.25) is 0 Å². The molecule has 0 unspecified atom stereocenters. The molecular weight excluding hydrogens is 355 g/mol. The Labute approximate surface area is 165 Å². The van der Waals surface area contributed by atoms with Gasteiger partial charge >= 0.3 is 5.97 Å². The zero-order valence-electron chi connectivity index (χ0n) is 16.9. The molecule has 1 heterocycles. The highest BCUT2D eigenvalue weighted by atomic mass is 19.1. The van der Waals surface area contributed by atoms with E-state index in [1.54, 1.807) is 25.1 Å². The smallest absolute Gasteiger partial charge is 0.336 e. The summed E-state index contributed by atoms with van der Waals surface area (Å²) in [6.45, 7) is 10.8. The molecule has 0 bridgehead atoms. The molecule has 0 fully saturated rings. The molecule has 0 spiro atoms. The molecular formula is C23H25FN2O2. The van der Waals surface area contributed by atoms with Gasteiger partial charge in [-0.1, -0.05) is 12.1 Å². The number of allylic oxidation sites excluding steroid dienone is 1. The number of carboxylic acid groups (broad SMARTS) is 1. The van der Waals surface area contributed by atoms with Crippen LogP contribution in [0.15, 0.2) is 41.4 Å². The lowest BCUT2D eigenvalue weighted by atomic mass is 9.88. The van der Waals surface area contributed by atoms with E-state index in [9.17, 15) is 14.3 Å². The van der Waals surface area contributed by atoms with Gasteiger partial charge < -0.3 is 10.0 Å². The van der Waals surface area contributed by atoms with Crippen LogP contribution in [0.5, 0.6) is 0 Å². The van der Waals surface area contributed by atoms with Gasteiger partial charge in [0.05, 0.1) is 16.8 Å². The third-order valence-electron chi connectivity index (χ3n) is 5.29. The summed E-state index contributed by atoms with van der Waals surface area (Å²) in [4.78, 5) is 17.8. The number of nitrogens with zero attached hydrogens (tertiary/aromatic N) is 2. The maximum atomic E-state index is 14.8. The highest BCUT2D eigenvalue weighted by Crippen LogP contribution is 2.39. The lowest BCUT2D eigenvalue weighted by Gasteiger charge is -2.42. The number of carboxylic acids is 1. The predicted octanol–water partition coefficient (Wildman–Crippen LogP) is 5.60. The van der Waals surface area contributed by atoms with Gasteiger partial charge in [0.15, 0.2) is 0 Å². The summed E-state index contributed by atoms with van der Waals surface area (Å²) in [7, 11) is 0. The van der Waals surface area contributed by atoms with Crippen LogP contribution in [0.3, 0.4) is 0 Å². The molecule has 0 saturated heterocycles. The molecule has 0 saturated carbocycles. The van der Waals surface area contributed by atoms with Crippen molar-refractivity contribution in [2.45, 2.75) is 40.2 Å².